The molecule has 0 radical (unpaired) electrons. The quantitative estimate of drug-likeness (QED) is 0.551. The van der Waals surface area contributed by atoms with Crippen molar-refractivity contribution in [2.75, 3.05) is 0 Å². The molecule has 11 heavy (non-hydrogen) atoms. The molecular formula is C10H9Cl. The minimum Gasteiger partial charge on any atom is -0.0837 e. The van der Waals surface area contributed by atoms with Crippen LogP contribution in [0.3, 0.4) is 0 Å². The van der Waals surface area contributed by atoms with E-state index in [0.717, 1.165) is 5.02 Å². The highest BCUT2D eigenvalue weighted by molar-refractivity contribution is 6.32. The minimum atomic E-state index is 0.531. The molecule has 2 rings (SSSR count). The fourth-order valence-corrected chi connectivity index (χ4v) is 1.72. The second-order valence-electron chi connectivity index (χ2n) is 2.89. The van der Waals surface area contributed by atoms with Gasteiger partial charge in [-0.2, -0.15) is 0 Å². The van der Waals surface area contributed by atoms with Gasteiger partial charge < -0.3 is 0 Å². The number of halogens is 1. The lowest BCUT2D eigenvalue weighted by Gasteiger charge is -2.04. The molecule has 1 atom stereocenters. The van der Waals surface area contributed by atoms with Gasteiger partial charge in [0.1, 0.15) is 0 Å². The number of benzene rings is 1. The van der Waals surface area contributed by atoms with Gasteiger partial charge in [0.05, 0.1) is 0 Å². The molecule has 0 heterocycles. The van der Waals surface area contributed by atoms with Crippen LogP contribution in [0.2, 0.25) is 5.02 Å². The molecule has 0 amide bonds. The molecule has 0 nitrogen and oxygen atoms in total. The number of allylic oxidation sites excluding steroid dienone is 1. The molecule has 0 saturated heterocycles. The minimum absolute atomic E-state index is 0.531. The van der Waals surface area contributed by atoms with E-state index in [1.165, 1.54) is 11.1 Å². The molecule has 0 aliphatic heterocycles. The Labute approximate surface area is 71.5 Å². The van der Waals surface area contributed by atoms with E-state index in [1.807, 2.05) is 12.1 Å². The number of hydrogen-bond acceptors (Lipinski definition) is 0. The first-order chi connectivity index (χ1) is 5.29. The Hall–Kier alpha value is -0.750. The molecule has 0 N–H and O–H groups in total. The topological polar surface area (TPSA) is 0 Å². The van der Waals surface area contributed by atoms with Gasteiger partial charge in [-0.25, -0.2) is 0 Å². The largest absolute Gasteiger partial charge is 0.0837 e. The summed E-state index contributed by atoms with van der Waals surface area (Å²) in [7, 11) is 0. The van der Waals surface area contributed by atoms with Gasteiger partial charge in [-0.05, 0) is 23.1 Å². The van der Waals surface area contributed by atoms with Crippen molar-refractivity contribution in [3.05, 3.63) is 40.4 Å². The standard InChI is InChI=1S/C10H9Cl/c1-7-5-6-9-8(7)3-2-4-10(9)11/h2-7H,1H3. The summed E-state index contributed by atoms with van der Waals surface area (Å²) in [5, 5.41) is 0.864. The number of fused-ring (bicyclic) bond motifs is 1. The summed E-state index contributed by atoms with van der Waals surface area (Å²) < 4.78 is 0. The molecule has 1 aliphatic carbocycles. The SMILES string of the molecule is CC1C=Cc2c(Cl)cccc21. The second-order valence-corrected chi connectivity index (χ2v) is 3.30. The summed E-state index contributed by atoms with van der Waals surface area (Å²) in [4.78, 5) is 0. The Balaban J connectivity index is 2.65. The maximum atomic E-state index is 5.98. The zero-order valence-electron chi connectivity index (χ0n) is 6.34. The fourth-order valence-electron chi connectivity index (χ4n) is 1.47. The van der Waals surface area contributed by atoms with Crippen molar-refractivity contribution in [1.29, 1.82) is 0 Å². The molecule has 1 aromatic rings. The monoisotopic (exact) mass is 164 g/mol. The molecule has 0 saturated carbocycles. The lowest BCUT2D eigenvalue weighted by molar-refractivity contribution is 0.990. The highest BCUT2D eigenvalue weighted by Gasteiger charge is 2.13. The van der Waals surface area contributed by atoms with Crippen molar-refractivity contribution in [2.45, 2.75) is 12.8 Å². The van der Waals surface area contributed by atoms with E-state index in [-0.39, 0.29) is 0 Å². The van der Waals surface area contributed by atoms with Gasteiger partial charge >= 0.3 is 0 Å². The van der Waals surface area contributed by atoms with E-state index in [0.29, 0.717) is 5.92 Å². The number of hydrogen-bond donors (Lipinski definition) is 0. The second kappa shape index (κ2) is 2.38. The van der Waals surface area contributed by atoms with E-state index in [4.69, 9.17) is 11.6 Å². The zero-order valence-corrected chi connectivity index (χ0v) is 7.10. The smallest absolute Gasteiger partial charge is 0.0481 e. The van der Waals surface area contributed by atoms with Crippen LogP contribution in [0.1, 0.15) is 24.0 Å². The van der Waals surface area contributed by atoms with Crippen LogP contribution in [0.25, 0.3) is 6.08 Å². The Kier molecular flexibility index (Phi) is 1.50. The maximum Gasteiger partial charge on any atom is 0.0481 e. The highest BCUT2D eigenvalue weighted by Crippen LogP contribution is 2.33. The summed E-state index contributed by atoms with van der Waals surface area (Å²) in [6, 6.07) is 6.07. The van der Waals surface area contributed by atoms with Crippen molar-refractivity contribution >= 4 is 17.7 Å². The first kappa shape index (κ1) is 6.93. The van der Waals surface area contributed by atoms with E-state index in [1.54, 1.807) is 0 Å². The molecular weight excluding hydrogens is 156 g/mol. The molecule has 56 valence electrons. The van der Waals surface area contributed by atoms with Crippen LogP contribution in [0.5, 0.6) is 0 Å². The van der Waals surface area contributed by atoms with Gasteiger partial charge in [0.15, 0.2) is 0 Å². The summed E-state index contributed by atoms with van der Waals surface area (Å²) in [5.74, 6) is 0.531. The van der Waals surface area contributed by atoms with Gasteiger partial charge in [0.2, 0.25) is 0 Å². The molecule has 0 aromatic heterocycles. The molecule has 1 unspecified atom stereocenters. The van der Waals surface area contributed by atoms with Crippen LogP contribution in [0.4, 0.5) is 0 Å². The first-order valence-electron chi connectivity index (χ1n) is 3.75. The van der Waals surface area contributed by atoms with E-state index < -0.39 is 0 Å². The normalized spacial score (nSPS) is 20.4. The maximum absolute atomic E-state index is 5.98. The van der Waals surface area contributed by atoms with Gasteiger partial charge in [-0.15, -0.1) is 0 Å². The third kappa shape index (κ3) is 0.982. The lowest BCUT2D eigenvalue weighted by Crippen LogP contribution is -1.86. The summed E-state index contributed by atoms with van der Waals surface area (Å²) in [6.07, 6.45) is 4.28. The molecule has 0 bridgehead atoms. The predicted molar refractivity (Wildman–Crippen MR) is 48.9 cm³/mol. The van der Waals surface area contributed by atoms with Crippen LogP contribution in [0.15, 0.2) is 24.3 Å². The molecule has 0 spiro atoms. The third-order valence-corrected chi connectivity index (χ3v) is 2.46. The van der Waals surface area contributed by atoms with Crippen molar-refractivity contribution < 1.29 is 0 Å². The van der Waals surface area contributed by atoms with Crippen molar-refractivity contribution in [1.82, 2.24) is 0 Å². The third-order valence-electron chi connectivity index (χ3n) is 2.13. The number of rotatable bonds is 0. The van der Waals surface area contributed by atoms with Crippen LogP contribution < -0.4 is 0 Å². The summed E-state index contributed by atoms with van der Waals surface area (Å²) in [5.41, 5.74) is 2.54. The summed E-state index contributed by atoms with van der Waals surface area (Å²) >= 11 is 5.98. The molecule has 0 fully saturated rings. The Bertz CT molecular complexity index is 313. The van der Waals surface area contributed by atoms with Crippen molar-refractivity contribution in [3.8, 4) is 0 Å². The lowest BCUT2D eigenvalue weighted by atomic mass is 10.0. The summed E-state index contributed by atoms with van der Waals surface area (Å²) in [6.45, 7) is 2.18. The molecule has 1 heteroatoms. The van der Waals surface area contributed by atoms with Gasteiger partial charge in [-0.1, -0.05) is 42.8 Å². The van der Waals surface area contributed by atoms with Gasteiger partial charge in [0.25, 0.3) is 0 Å². The zero-order chi connectivity index (χ0) is 7.84. The van der Waals surface area contributed by atoms with Crippen molar-refractivity contribution in [3.63, 3.8) is 0 Å². The van der Waals surface area contributed by atoms with Crippen LogP contribution in [-0.2, 0) is 0 Å². The Morgan fingerprint density at radius 1 is 1.36 bits per heavy atom. The van der Waals surface area contributed by atoms with E-state index >= 15 is 0 Å². The van der Waals surface area contributed by atoms with Crippen LogP contribution in [-0.4, -0.2) is 0 Å². The predicted octanol–water partition coefficient (Wildman–Crippen LogP) is 3.47. The Morgan fingerprint density at radius 2 is 2.18 bits per heavy atom. The fraction of sp³-hybridized carbons (Fsp3) is 0.200. The van der Waals surface area contributed by atoms with Crippen LogP contribution >= 0.6 is 11.6 Å². The average molecular weight is 165 g/mol. The van der Waals surface area contributed by atoms with Gasteiger partial charge in [0, 0.05) is 5.02 Å². The van der Waals surface area contributed by atoms with E-state index in [2.05, 4.69) is 25.1 Å². The van der Waals surface area contributed by atoms with Crippen LogP contribution in [0, 0.1) is 0 Å². The average Bonchev–Trinajstić information content (AvgIpc) is 2.35. The molecule has 1 aliphatic rings. The first-order valence-corrected chi connectivity index (χ1v) is 4.13. The molecule has 1 aromatic carbocycles. The highest BCUT2D eigenvalue weighted by atomic mass is 35.5. The van der Waals surface area contributed by atoms with Gasteiger partial charge in [-0.3, -0.25) is 0 Å². The Morgan fingerprint density at radius 3 is 2.91 bits per heavy atom. The van der Waals surface area contributed by atoms with Crippen molar-refractivity contribution in [2.24, 2.45) is 0 Å². The van der Waals surface area contributed by atoms with E-state index in [9.17, 15) is 0 Å².